The summed E-state index contributed by atoms with van der Waals surface area (Å²) < 4.78 is 17.2. The summed E-state index contributed by atoms with van der Waals surface area (Å²) in [5, 5.41) is 14.4. The SMILES string of the molecule is NC(=O)c1nsc(C(=O)N(Cc2cccs2)[C@@H](C(=O)NCc2ccc(F)cc2)c2ccc(O)cc2)c1N. The number of hydrogen-bond acceptors (Lipinski definition) is 8. The minimum atomic E-state index is -1.14. The molecule has 0 bridgehead atoms. The van der Waals surface area contributed by atoms with Crippen LogP contribution in [0.3, 0.4) is 0 Å². The van der Waals surface area contributed by atoms with Gasteiger partial charge in [0.1, 0.15) is 22.5 Å². The molecular formula is C25H22FN5O4S2. The largest absolute Gasteiger partial charge is 0.508 e. The Labute approximate surface area is 219 Å². The Balaban J connectivity index is 1.74. The van der Waals surface area contributed by atoms with E-state index in [-0.39, 0.29) is 35.1 Å². The van der Waals surface area contributed by atoms with Crippen molar-refractivity contribution in [1.82, 2.24) is 14.6 Å². The molecule has 2 heterocycles. The number of benzene rings is 2. The number of phenols is 1. The second-order valence-electron chi connectivity index (χ2n) is 7.99. The Bertz CT molecular complexity index is 1410. The lowest BCUT2D eigenvalue weighted by Gasteiger charge is -2.31. The quantitative estimate of drug-likeness (QED) is 0.256. The molecule has 4 aromatic rings. The zero-order chi connectivity index (χ0) is 26.5. The van der Waals surface area contributed by atoms with E-state index in [2.05, 4.69) is 9.69 Å². The van der Waals surface area contributed by atoms with Crippen molar-refractivity contribution in [3.8, 4) is 5.75 Å². The van der Waals surface area contributed by atoms with Gasteiger partial charge in [-0.25, -0.2) is 4.39 Å². The molecule has 2 aromatic heterocycles. The number of thiophene rings is 1. The molecule has 3 amide bonds. The number of halogens is 1. The molecule has 1 atom stereocenters. The normalized spacial score (nSPS) is 11.6. The number of rotatable bonds is 9. The topological polar surface area (TPSA) is 152 Å². The van der Waals surface area contributed by atoms with E-state index in [0.29, 0.717) is 11.1 Å². The van der Waals surface area contributed by atoms with Crippen molar-refractivity contribution in [2.24, 2.45) is 5.73 Å². The summed E-state index contributed by atoms with van der Waals surface area (Å²) in [4.78, 5) is 41.2. The fraction of sp³-hybridized carbons (Fsp3) is 0.120. The summed E-state index contributed by atoms with van der Waals surface area (Å²) in [6.45, 7) is 0.137. The van der Waals surface area contributed by atoms with Gasteiger partial charge in [-0.2, -0.15) is 4.37 Å². The number of nitrogens with zero attached hydrogens (tertiary/aromatic N) is 2. The second kappa shape index (κ2) is 11.2. The highest BCUT2D eigenvalue weighted by atomic mass is 32.1. The van der Waals surface area contributed by atoms with Gasteiger partial charge >= 0.3 is 0 Å². The number of nitrogen functional groups attached to an aromatic ring is 1. The van der Waals surface area contributed by atoms with E-state index in [1.807, 2.05) is 17.5 Å². The highest BCUT2D eigenvalue weighted by Crippen LogP contribution is 2.31. The summed E-state index contributed by atoms with van der Waals surface area (Å²) >= 11 is 2.12. The van der Waals surface area contributed by atoms with E-state index in [4.69, 9.17) is 11.5 Å². The fourth-order valence-electron chi connectivity index (χ4n) is 3.63. The van der Waals surface area contributed by atoms with Gasteiger partial charge in [-0.1, -0.05) is 30.3 Å². The molecule has 37 heavy (non-hydrogen) atoms. The fourth-order valence-corrected chi connectivity index (χ4v) is 5.09. The molecule has 0 aliphatic rings. The number of aromatic hydroxyl groups is 1. The predicted octanol–water partition coefficient (Wildman–Crippen LogP) is 3.43. The van der Waals surface area contributed by atoms with E-state index >= 15 is 0 Å². The molecule has 2 aromatic carbocycles. The van der Waals surface area contributed by atoms with Crippen LogP contribution >= 0.6 is 22.9 Å². The third kappa shape index (κ3) is 5.93. The van der Waals surface area contributed by atoms with Gasteiger partial charge in [0.05, 0.1) is 12.2 Å². The summed E-state index contributed by atoms with van der Waals surface area (Å²) in [6, 6.07) is 14.1. The Kier molecular flexibility index (Phi) is 7.80. The van der Waals surface area contributed by atoms with Gasteiger partial charge in [0, 0.05) is 11.4 Å². The standard InChI is InChI=1S/C25H22FN5O4S2/c26-16-7-3-14(4-8-16)12-29-24(34)21(15-5-9-17(32)10-6-15)31(13-18-2-1-11-36-18)25(35)22-19(27)20(23(28)33)30-37-22/h1-11,21,32H,12-13,27H2,(H2,28,33)(H,29,34)/t21-/m1/s1. The van der Waals surface area contributed by atoms with Gasteiger partial charge in [-0.3, -0.25) is 14.4 Å². The van der Waals surface area contributed by atoms with Crippen molar-refractivity contribution in [3.05, 3.63) is 98.4 Å². The molecule has 4 rings (SSSR count). The lowest BCUT2D eigenvalue weighted by Crippen LogP contribution is -2.43. The molecule has 0 saturated carbocycles. The van der Waals surface area contributed by atoms with Crippen LogP contribution < -0.4 is 16.8 Å². The maximum atomic E-state index is 13.8. The second-order valence-corrected chi connectivity index (χ2v) is 9.79. The first-order valence-corrected chi connectivity index (χ1v) is 12.6. The Hall–Kier alpha value is -4.29. The first kappa shape index (κ1) is 25.8. The van der Waals surface area contributed by atoms with Crippen molar-refractivity contribution < 1.29 is 23.9 Å². The van der Waals surface area contributed by atoms with Gasteiger partial charge in [-0.05, 0) is 58.4 Å². The van der Waals surface area contributed by atoms with Crippen LogP contribution in [0.4, 0.5) is 10.1 Å². The summed E-state index contributed by atoms with van der Waals surface area (Å²) in [5.74, 6) is -2.42. The number of phenolic OH excluding ortho intramolecular Hbond substituents is 1. The highest BCUT2D eigenvalue weighted by molar-refractivity contribution is 7.10. The monoisotopic (exact) mass is 539 g/mol. The summed E-state index contributed by atoms with van der Waals surface area (Å²) in [5.41, 5.74) is 12.1. The van der Waals surface area contributed by atoms with Crippen LogP contribution in [0.5, 0.6) is 5.75 Å². The van der Waals surface area contributed by atoms with Crippen molar-refractivity contribution in [2.75, 3.05) is 5.73 Å². The highest BCUT2D eigenvalue weighted by Gasteiger charge is 2.35. The van der Waals surface area contributed by atoms with Gasteiger partial charge < -0.3 is 26.8 Å². The Morgan fingerprint density at radius 3 is 2.38 bits per heavy atom. The number of anilines is 1. The van der Waals surface area contributed by atoms with Crippen LogP contribution in [-0.4, -0.2) is 32.1 Å². The number of aromatic nitrogens is 1. The third-order valence-electron chi connectivity index (χ3n) is 5.47. The summed E-state index contributed by atoms with van der Waals surface area (Å²) in [6.07, 6.45) is 0. The van der Waals surface area contributed by atoms with Crippen LogP contribution in [0.1, 0.15) is 42.2 Å². The van der Waals surface area contributed by atoms with Gasteiger partial charge in [0.25, 0.3) is 11.8 Å². The van der Waals surface area contributed by atoms with Crippen LogP contribution in [0, 0.1) is 5.82 Å². The van der Waals surface area contributed by atoms with E-state index in [0.717, 1.165) is 16.4 Å². The minimum absolute atomic E-state index is 0.0110. The first-order valence-electron chi connectivity index (χ1n) is 10.9. The number of primary amides is 1. The molecule has 6 N–H and O–H groups in total. The van der Waals surface area contributed by atoms with E-state index < -0.39 is 29.6 Å². The van der Waals surface area contributed by atoms with Crippen LogP contribution in [-0.2, 0) is 17.9 Å². The smallest absolute Gasteiger partial charge is 0.270 e. The van der Waals surface area contributed by atoms with Crippen LogP contribution in [0.15, 0.2) is 66.0 Å². The number of amides is 3. The molecule has 0 aliphatic carbocycles. The van der Waals surface area contributed by atoms with Crippen LogP contribution in [0.25, 0.3) is 0 Å². The van der Waals surface area contributed by atoms with Crippen molar-refractivity contribution in [2.45, 2.75) is 19.1 Å². The zero-order valence-corrected chi connectivity index (χ0v) is 20.9. The number of hydrogen-bond donors (Lipinski definition) is 4. The van der Waals surface area contributed by atoms with Crippen LogP contribution in [0.2, 0.25) is 0 Å². The van der Waals surface area contributed by atoms with Gasteiger partial charge in [0.15, 0.2) is 5.69 Å². The Morgan fingerprint density at radius 2 is 1.78 bits per heavy atom. The molecule has 190 valence electrons. The number of carbonyl (C=O) groups is 3. The third-order valence-corrected chi connectivity index (χ3v) is 7.18. The molecule has 0 saturated heterocycles. The molecule has 0 radical (unpaired) electrons. The zero-order valence-electron chi connectivity index (χ0n) is 19.3. The molecule has 0 aliphatic heterocycles. The lowest BCUT2D eigenvalue weighted by molar-refractivity contribution is -0.126. The van der Waals surface area contributed by atoms with Crippen molar-refractivity contribution in [1.29, 1.82) is 0 Å². The van der Waals surface area contributed by atoms with Gasteiger partial charge in [-0.15, -0.1) is 11.3 Å². The molecule has 0 fully saturated rings. The molecule has 9 nitrogen and oxygen atoms in total. The maximum Gasteiger partial charge on any atom is 0.270 e. The average molecular weight is 540 g/mol. The lowest BCUT2D eigenvalue weighted by atomic mass is 10.0. The molecule has 0 unspecified atom stereocenters. The predicted molar refractivity (Wildman–Crippen MR) is 138 cm³/mol. The first-order chi connectivity index (χ1) is 17.7. The van der Waals surface area contributed by atoms with E-state index in [1.54, 1.807) is 12.1 Å². The molecule has 0 spiro atoms. The summed E-state index contributed by atoms with van der Waals surface area (Å²) in [7, 11) is 0. The minimum Gasteiger partial charge on any atom is -0.508 e. The van der Waals surface area contributed by atoms with Crippen molar-refractivity contribution in [3.63, 3.8) is 0 Å². The Morgan fingerprint density at radius 1 is 1.08 bits per heavy atom. The van der Waals surface area contributed by atoms with Gasteiger partial charge in [0.2, 0.25) is 5.91 Å². The number of nitrogens with one attached hydrogen (secondary N) is 1. The maximum absolute atomic E-state index is 13.8. The average Bonchev–Trinajstić information content (AvgIpc) is 3.53. The van der Waals surface area contributed by atoms with E-state index in [1.165, 1.54) is 52.6 Å². The molecule has 12 heteroatoms. The van der Waals surface area contributed by atoms with Crippen molar-refractivity contribution >= 4 is 46.3 Å². The van der Waals surface area contributed by atoms with E-state index in [9.17, 15) is 23.9 Å². The number of carbonyl (C=O) groups excluding carboxylic acids is 3. The molecular weight excluding hydrogens is 517 g/mol. The number of nitrogens with two attached hydrogens (primary N) is 2.